The number of rotatable bonds is 8. The minimum Gasteiger partial charge on any atom is -0.360 e. The minimum absolute atomic E-state index is 0.169. The topological polar surface area (TPSA) is 110 Å². The molecule has 0 aliphatic carbocycles. The van der Waals surface area contributed by atoms with Gasteiger partial charge in [0.2, 0.25) is 16.9 Å². The molecule has 0 saturated heterocycles. The molecule has 2 aromatic carbocycles. The Kier molecular flexibility index (Phi) is 7.25. The monoisotopic (exact) mass is 497 g/mol. The fourth-order valence-corrected chi connectivity index (χ4v) is 4.32. The van der Waals surface area contributed by atoms with Crippen molar-refractivity contribution in [3.8, 4) is 21.8 Å². The van der Waals surface area contributed by atoms with Crippen LogP contribution in [0.25, 0.3) is 21.8 Å². The van der Waals surface area contributed by atoms with Crippen molar-refractivity contribution in [2.75, 3.05) is 5.32 Å². The lowest BCUT2D eigenvalue weighted by molar-refractivity contribution is -0.126. The molecule has 2 N–H and O–H groups in total. The average Bonchev–Trinajstić information content (AvgIpc) is 3.43. The number of aromatic nitrogens is 3. The van der Waals surface area contributed by atoms with Gasteiger partial charge in [0.05, 0.1) is 12.0 Å². The number of carbonyl (C=O) groups is 2. The number of nitrogens with zero attached hydrogens (tertiary/aromatic N) is 3. The maximum Gasteiger partial charge on any atom is 0.248 e. The van der Waals surface area contributed by atoms with Crippen LogP contribution in [0.4, 0.5) is 13.9 Å². The van der Waals surface area contributed by atoms with Gasteiger partial charge in [0.1, 0.15) is 29.1 Å². The first-order chi connectivity index (χ1) is 16.8. The van der Waals surface area contributed by atoms with Crippen LogP contribution in [0.2, 0.25) is 0 Å². The van der Waals surface area contributed by atoms with Crippen molar-refractivity contribution in [3.05, 3.63) is 71.5 Å². The molecule has 4 aromatic rings. The number of hydrogen-bond donors (Lipinski definition) is 2. The predicted molar refractivity (Wildman–Crippen MR) is 126 cm³/mol. The lowest BCUT2D eigenvalue weighted by Gasteiger charge is -2.15. The van der Waals surface area contributed by atoms with Crippen LogP contribution in [-0.4, -0.2) is 33.2 Å². The lowest BCUT2D eigenvalue weighted by Crippen LogP contribution is -2.44. The van der Waals surface area contributed by atoms with Crippen molar-refractivity contribution in [2.45, 2.75) is 32.7 Å². The van der Waals surface area contributed by atoms with Crippen molar-refractivity contribution in [1.82, 2.24) is 20.7 Å². The van der Waals surface area contributed by atoms with E-state index >= 15 is 0 Å². The second-order valence-electron chi connectivity index (χ2n) is 7.71. The van der Waals surface area contributed by atoms with Gasteiger partial charge in [0, 0.05) is 11.6 Å². The molecule has 1 unspecified atom stereocenters. The standard InChI is InChI=1S/C24H21F2N5O3S/c1-3-18(27-19(32)11-14-9-16(25)12-17(26)10-14)22(33)28-24-30-29-23(35-24)20-13(2)34-31-21(20)15-7-5-4-6-8-15/h4-10,12,18H,3,11H2,1-2H3,(H,27,32)(H,28,30,33). The van der Waals surface area contributed by atoms with Gasteiger partial charge in [0.25, 0.3) is 0 Å². The first kappa shape index (κ1) is 24.1. The average molecular weight is 498 g/mol. The third kappa shape index (κ3) is 5.75. The smallest absolute Gasteiger partial charge is 0.248 e. The molecule has 2 aromatic heterocycles. The molecule has 2 heterocycles. The Labute approximate surface area is 203 Å². The molecule has 1 atom stereocenters. The Hall–Kier alpha value is -3.99. The number of benzene rings is 2. The highest BCUT2D eigenvalue weighted by atomic mass is 32.1. The summed E-state index contributed by atoms with van der Waals surface area (Å²) in [6.45, 7) is 3.49. The van der Waals surface area contributed by atoms with Crippen molar-refractivity contribution in [1.29, 1.82) is 0 Å². The SMILES string of the molecule is CCC(NC(=O)Cc1cc(F)cc(F)c1)C(=O)Nc1nnc(-c2c(-c3ccccc3)noc2C)s1. The van der Waals surface area contributed by atoms with Gasteiger partial charge in [-0.15, -0.1) is 10.2 Å². The normalized spacial score (nSPS) is 11.8. The maximum atomic E-state index is 13.4. The summed E-state index contributed by atoms with van der Waals surface area (Å²) in [5.41, 5.74) is 2.32. The second kappa shape index (κ2) is 10.5. The Morgan fingerprint density at radius 1 is 1.09 bits per heavy atom. The molecule has 8 nitrogen and oxygen atoms in total. The Bertz CT molecular complexity index is 1340. The fourth-order valence-electron chi connectivity index (χ4n) is 3.48. The summed E-state index contributed by atoms with van der Waals surface area (Å²) >= 11 is 1.14. The highest BCUT2D eigenvalue weighted by molar-refractivity contribution is 7.18. The Morgan fingerprint density at radius 3 is 2.49 bits per heavy atom. The summed E-state index contributed by atoms with van der Waals surface area (Å²) in [5, 5.41) is 18.4. The molecule has 0 aliphatic rings. The van der Waals surface area contributed by atoms with E-state index in [1.54, 1.807) is 13.8 Å². The molecule has 0 saturated carbocycles. The number of aryl methyl sites for hydroxylation is 1. The van der Waals surface area contributed by atoms with Gasteiger partial charge in [-0.3, -0.25) is 14.9 Å². The zero-order chi connectivity index (χ0) is 24.9. The number of amides is 2. The van der Waals surface area contributed by atoms with Crippen molar-refractivity contribution < 1.29 is 22.9 Å². The van der Waals surface area contributed by atoms with Crippen LogP contribution in [0.1, 0.15) is 24.7 Å². The lowest BCUT2D eigenvalue weighted by atomic mass is 10.1. The molecule has 35 heavy (non-hydrogen) atoms. The van der Waals surface area contributed by atoms with Gasteiger partial charge in [-0.25, -0.2) is 8.78 Å². The second-order valence-corrected chi connectivity index (χ2v) is 8.69. The van der Waals surface area contributed by atoms with Gasteiger partial charge < -0.3 is 9.84 Å². The zero-order valence-electron chi connectivity index (χ0n) is 18.8. The summed E-state index contributed by atoms with van der Waals surface area (Å²) in [4.78, 5) is 25.1. The van der Waals surface area contributed by atoms with E-state index in [-0.39, 0.29) is 17.1 Å². The van der Waals surface area contributed by atoms with Crippen LogP contribution in [0.5, 0.6) is 0 Å². The minimum atomic E-state index is -0.870. The van der Waals surface area contributed by atoms with Gasteiger partial charge in [-0.05, 0) is 31.0 Å². The molecule has 0 fully saturated rings. The molecule has 2 amide bonds. The molecule has 11 heteroatoms. The van der Waals surface area contributed by atoms with Gasteiger partial charge in [0.15, 0.2) is 5.01 Å². The molecular weight excluding hydrogens is 476 g/mol. The Morgan fingerprint density at radius 2 is 1.80 bits per heavy atom. The number of halogens is 2. The Balaban J connectivity index is 1.44. The number of anilines is 1. The van der Waals surface area contributed by atoms with E-state index in [1.807, 2.05) is 30.3 Å². The van der Waals surface area contributed by atoms with Gasteiger partial charge in [-0.2, -0.15) is 0 Å². The van der Waals surface area contributed by atoms with Crippen LogP contribution in [0.15, 0.2) is 53.1 Å². The van der Waals surface area contributed by atoms with Crippen LogP contribution < -0.4 is 10.6 Å². The maximum absolute atomic E-state index is 13.4. The summed E-state index contributed by atoms with van der Waals surface area (Å²) in [5.74, 6) is -2.02. The molecule has 180 valence electrons. The molecule has 0 radical (unpaired) electrons. The van der Waals surface area contributed by atoms with E-state index in [0.29, 0.717) is 28.4 Å². The van der Waals surface area contributed by atoms with E-state index in [2.05, 4.69) is 26.0 Å². The fraction of sp³-hybridized carbons (Fsp3) is 0.208. The molecular formula is C24H21F2N5O3S. The van der Waals surface area contributed by atoms with E-state index in [1.165, 1.54) is 0 Å². The van der Waals surface area contributed by atoms with Crippen LogP contribution in [0, 0.1) is 18.6 Å². The third-order valence-electron chi connectivity index (χ3n) is 5.13. The van der Waals surface area contributed by atoms with Gasteiger partial charge in [-0.1, -0.05) is 53.7 Å². The summed E-state index contributed by atoms with van der Waals surface area (Å²) in [7, 11) is 0. The van der Waals surface area contributed by atoms with E-state index < -0.39 is 29.5 Å². The zero-order valence-corrected chi connectivity index (χ0v) is 19.7. The predicted octanol–water partition coefficient (Wildman–Crippen LogP) is 4.52. The van der Waals surface area contributed by atoms with Crippen molar-refractivity contribution in [3.63, 3.8) is 0 Å². The number of carbonyl (C=O) groups excluding carboxylic acids is 2. The highest BCUT2D eigenvalue weighted by Gasteiger charge is 2.23. The van der Waals surface area contributed by atoms with Crippen molar-refractivity contribution in [2.24, 2.45) is 0 Å². The van der Waals surface area contributed by atoms with E-state index in [9.17, 15) is 18.4 Å². The van der Waals surface area contributed by atoms with Crippen molar-refractivity contribution >= 4 is 28.3 Å². The summed E-state index contributed by atoms with van der Waals surface area (Å²) in [6.07, 6.45) is 0.0279. The van der Waals surface area contributed by atoms with E-state index in [4.69, 9.17) is 4.52 Å². The van der Waals surface area contributed by atoms with Crippen LogP contribution in [0.3, 0.4) is 0 Å². The van der Waals surface area contributed by atoms with Crippen LogP contribution in [-0.2, 0) is 16.0 Å². The first-order valence-corrected chi connectivity index (χ1v) is 11.6. The first-order valence-electron chi connectivity index (χ1n) is 10.7. The molecule has 0 spiro atoms. The summed E-state index contributed by atoms with van der Waals surface area (Å²) < 4.78 is 32.1. The van der Waals surface area contributed by atoms with Gasteiger partial charge >= 0.3 is 0 Å². The highest BCUT2D eigenvalue weighted by Crippen LogP contribution is 2.36. The molecule has 0 bridgehead atoms. The molecule has 4 rings (SSSR count). The quantitative estimate of drug-likeness (QED) is 0.370. The molecule has 0 aliphatic heterocycles. The third-order valence-corrected chi connectivity index (χ3v) is 5.98. The largest absolute Gasteiger partial charge is 0.360 e. The number of nitrogens with one attached hydrogen (secondary N) is 2. The number of hydrogen-bond acceptors (Lipinski definition) is 7. The summed E-state index contributed by atoms with van der Waals surface area (Å²) in [6, 6.07) is 11.5. The van der Waals surface area contributed by atoms with E-state index in [0.717, 1.165) is 35.1 Å². The van der Waals surface area contributed by atoms with Crippen LogP contribution >= 0.6 is 11.3 Å².